The van der Waals surface area contributed by atoms with Crippen LogP contribution in [0.2, 0.25) is 0 Å². The molecular formula is C88H81BN2. The van der Waals surface area contributed by atoms with E-state index in [-0.39, 0.29) is 33.8 Å². The lowest BCUT2D eigenvalue weighted by Crippen LogP contribution is -2.61. The average Bonchev–Trinajstić information content (AvgIpc) is 0.675. The SMILES string of the molecule is [2H]c1c([2H])c([2H])c(-c2c([2H])c([2H])c([2H])c(-c3c([2H])c([2H])c([2H])c([2H])c3[2H])c2N2c3cc(C(C)(C)C)c(-c4cccc(C(C)(C)C)c4)cc3B3c4cc(-c5cccc(C(C)(C)C)c5)c(C(C)(C)C)cc4N(c4c(-c5c([2H])c([2H])c([2H])c([2H])c5[2H])c([2H])c([2H])c([2H])c4-c4c([2H])c([2H])c([2H])c([2H])c4[2H])c4cc(-c5ccccc5)cc2c43)c([2H])c1[2H]. The van der Waals surface area contributed by atoms with Gasteiger partial charge in [-0.1, -0.05) is 331 Å². The van der Waals surface area contributed by atoms with E-state index in [1.165, 1.54) is 0 Å². The van der Waals surface area contributed by atoms with Gasteiger partial charge in [-0.2, -0.15) is 0 Å². The molecule has 2 aliphatic heterocycles. The van der Waals surface area contributed by atoms with E-state index in [1.807, 2.05) is 102 Å². The summed E-state index contributed by atoms with van der Waals surface area (Å²) >= 11 is 0. The maximum absolute atomic E-state index is 10.5. The van der Waals surface area contributed by atoms with Gasteiger partial charge in [-0.3, -0.25) is 0 Å². The van der Waals surface area contributed by atoms with Gasteiger partial charge in [-0.25, -0.2) is 0 Å². The van der Waals surface area contributed by atoms with Gasteiger partial charge in [0.2, 0.25) is 0 Å². The highest BCUT2D eigenvalue weighted by molar-refractivity contribution is 7.00. The molecule has 0 unspecified atom stereocenters. The summed E-state index contributed by atoms with van der Waals surface area (Å²) in [7, 11) is 0. The van der Waals surface area contributed by atoms with E-state index in [1.54, 1.807) is 52.3 Å². The molecule has 0 atom stereocenters. The number of hydrogen-bond donors (Lipinski definition) is 0. The molecule has 0 saturated heterocycles. The summed E-state index contributed by atoms with van der Waals surface area (Å²) in [5, 5.41) is 0. The van der Waals surface area contributed by atoms with Gasteiger partial charge in [0.15, 0.2) is 0 Å². The van der Waals surface area contributed by atoms with Crippen molar-refractivity contribution in [1.29, 1.82) is 0 Å². The third kappa shape index (κ3) is 10.7. The van der Waals surface area contributed by atoms with E-state index < -0.39 is 241 Å². The van der Waals surface area contributed by atoms with Gasteiger partial charge in [0.05, 0.1) is 47.0 Å². The molecule has 0 amide bonds. The predicted molar refractivity (Wildman–Crippen MR) is 393 cm³/mol. The molecule has 14 rings (SSSR count). The van der Waals surface area contributed by atoms with E-state index in [0.717, 1.165) is 22.3 Å². The van der Waals surface area contributed by atoms with Crippen molar-refractivity contribution in [3.63, 3.8) is 0 Å². The lowest BCUT2D eigenvalue weighted by molar-refractivity contribution is 0.588. The second kappa shape index (κ2) is 22.7. The highest BCUT2D eigenvalue weighted by Crippen LogP contribution is 2.55. The molecule has 3 heteroatoms. The van der Waals surface area contributed by atoms with E-state index >= 15 is 0 Å². The molecule has 446 valence electrons. The minimum absolute atomic E-state index is 0.0137. The van der Waals surface area contributed by atoms with Crippen LogP contribution in [0.25, 0.3) is 77.9 Å². The van der Waals surface area contributed by atoms with Crippen LogP contribution in [0.1, 0.15) is 141 Å². The van der Waals surface area contributed by atoms with E-state index in [2.05, 4.69) is 53.7 Å². The van der Waals surface area contributed by atoms with Crippen molar-refractivity contribution in [2.75, 3.05) is 9.80 Å². The minimum atomic E-state index is -1.21. The van der Waals surface area contributed by atoms with E-state index in [0.29, 0.717) is 38.7 Å². The largest absolute Gasteiger partial charge is 0.310 e. The van der Waals surface area contributed by atoms with E-state index in [9.17, 15) is 30.2 Å². The predicted octanol–water partition coefficient (Wildman–Crippen LogP) is 22.6. The molecule has 2 aliphatic rings. The maximum atomic E-state index is 10.5. The Bertz CT molecular complexity index is 5680. The van der Waals surface area contributed by atoms with Gasteiger partial charge in [0.25, 0.3) is 6.71 Å². The molecule has 0 N–H and O–H groups in total. The smallest absolute Gasteiger partial charge is 0.252 e. The maximum Gasteiger partial charge on any atom is 0.252 e. The Labute approximate surface area is 578 Å². The summed E-state index contributed by atoms with van der Waals surface area (Å²) in [5.41, 5.74) is -0.965. The molecule has 91 heavy (non-hydrogen) atoms. The van der Waals surface area contributed by atoms with Crippen molar-refractivity contribution >= 4 is 57.2 Å². The van der Waals surface area contributed by atoms with Crippen molar-refractivity contribution in [3.05, 3.63) is 295 Å². The Morgan fingerprint density at radius 2 is 0.615 bits per heavy atom. The van der Waals surface area contributed by atoms with Gasteiger partial charge in [0, 0.05) is 45.0 Å². The van der Waals surface area contributed by atoms with Crippen LogP contribution >= 0.6 is 0 Å². The van der Waals surface area contributed by atoms with Crippen molar-refractivity contribution in [3.8, 4) is 77.9 Å². The van der Waals surface area contributed by atoms with Crippen LogP contribution in [0.4, 0.5) is 34.1 Å². The first kappa shape index (κ1) is 36.2. The van der Waals surface area contributed by atoms with Gasteiger partial charge >= 0.3 is 0 Å². The van der Waals surface area contributed by atoms with Gasteiger partial charge in [0.1, 0.15) is 0 Å². The monoisotopic (exact) mass is 1200 g/mol. The van der Waals surface area contributed by atoms with Crippen molar-refractivity contribution in [2.24, 2.45) is 0 Å². The molecule has 0 radical (unpaired) electrons. The lowest BCUT2D eigenvalue weighted by Gasteiger charge is -2.47. The van der Waals surface area contributed by atoms with Crippen LogP contribution in [-0.4, -0.2) is 6.71 Å². The first-order valence-corrected chi connectivity index (χ1v) is 30.5. The van der Waals surface area contributed by atoms with Crippen molar-refractivity contribution in [2.45, 2.75) is 105 Å². The third-order valence-corrected chi connectivity index (χ3v) is 17.3. The van der Waals surface area contributed by atoms with Crippen LogP contribution < -0.4 is 26.2 Å². The highest BCUT2D eigenvalue weighted by atomic mass is 15.2. The van der Waals surface area contributed by atoms with Gasteiger partial charge in [-0.15, -0.1) is 0 Å². The van der Waals surface area contributed by atoms with E-state index in [4.69, 9.17) is 5.48 Å². The molecule has 0 fully saturated rings. The van der Waals surface area contributed by atoms with Gasteiger partial charge in [-0.05, 0) is 140 Å². The van der Waals surface area contributed by atoms with Crippen LogP contribution in [0.3, 0.4) is 0 Å². The summed E-state index contributed by atoms with van der Waals surface area (Å²) in [6, 6.07) is 13.0. The normalized spacial score (nSPS) is 17.0. The van der Waals surface area contributed by atoms with Gasteiger partial charge < -0.3 is 9.80 Å². The molecule has 0 spiro atoms. The van der Waals surface area contributed by atoms with Crippen molar-refractivity contribution in [1.82, 2.24) is 0 Å². The third-order valence-electron chi connectivity index (χ3n) is 17.3. The summed E-state index contributed by atoms with van der Waals surface area (Å²) in [6.07, 6.45) is 0. The number of anilines is 6. The zero-order valence-corrected chi connectivity index (χ0v) is 52.9. The Morgan fingerprint density at radius 1 is 0.275 bits per heavy atom. The summed E-state index contributed by atoms with van der Waals surface area (Å²) in [5.74, 6) is 0. The summed E-state index contributed by atoms with van der Waals surface area (Å²) < 4.78 is 252. The first-order chi connectivity index (χ1) is 54.5. The average molecular weight is 1200 g/mol. The molecule has 2 heterocycles. The molecule has 12 aromatic carbocycles. The molecule has 12 aromatic rings. The second-order valence-electron chi connectivity index (χ2n) is 27.4. The Balaban J connectivity index is 1.36. The second-order valence-corrected chi connectivity index (χ2v) is 27.4. The summed E-state index contributed by atoms with van der Waals surface area (Å²) in [4.78, 5) is 3.13. The molecule has 0 aliphatic carbocycles. The number of fused-ring (bicyclic) bond motifs is 4. The highest BCUT2D eigenvalue weighted by Gasteiger charge is 2.47. The minimum Gasteiger partial charge on any atom is -0.310 e. The number of hydrogen-bond acceptors (Lipinski definition) is 2. The van der Waals surface area contributed by atoms with Crippen LogP contribution in [-0.2, 0) is 21.7 Å². The molecular weight excluding hydrogens is 1100 g/mol. The van der Waals surface area contributed by atoms with Crippen LogP contribution in [0.5, 0.6) is 0 Å². The number of rotatable bonds is 9. The standard InChI is InChI=1S/C88H81BN2/c1-85(2,3)66-44-28-42-63(50-66)72-54-76-78(56-74(72)87(7,8)9)90(83-68(59-34-20-14-21-35-59)46-30-47-69(83)60-36-22-15-23-37-60)80-52-65(58-32-18-13-19-33-58)53-81-82(80)89(76)77-55-73(64-43-29-45-67(51-64)86(4,5)6)75(88(10,11)12)57-79(77)91(81)84-70(61-38-24-16-25-39-61)48-31-49-71(84)62-40-26-17-27-41-62/h13-57H,1-12H3/i14D,15D,16D,17D,20D,21D,22D,23D,24D,25D,26D,27D,30D,31D,34D,35D,36D,37D,38D,39D,40D,41D,46D,47D,48D,49D. The quantitative estimate of drug-likeness (QED) is 0.133. The zero-order valence-electron chi connectivity index (χ0n) is 78.9. The number of benzene rings is 12. The first-order valence-electron chi connectivity index (χ1n) is 43.5. The Hall–Kier alpha value is -9.70. The van der Waals surface area contributed by atoms with Crippen LogP contribution in [0.15, 0.2) is 272 Å². The fraction of sp³-hybridized carbons (Fsp3) is 0.182. The Morgan fingerprint density at radius 3 is 0.945 bits per heavy atom. The molecule has 0 saturated carbocycles. The van der Waals surface area contributed by atoms with Crippen LogP contribution in [0, 0.1) is 0 Å². The number of nitrogens with zero attached hydrogens (tertiary/aromatic N) is 2. The molecule has 0 aromatic heterocycles. The topological polar surface area (TPSA) is 6.48 Å². The fourth-order valence-electron chi connectivity index (χ4n) is 12.9. The molecule has 0 bridgehead atoms. The fourth-order valence-corrected chi connectivity index (χ4v) is 12.9. The van der Waals surface area contributed by atoms with Crippen molar-refractivity contribution < 1.29 is 35.6 Å². The lowest BCUT2D eigenvalue weighted by atomic mass is 9.33. The molecule has 2 nitrogen and oxygen atoms in total. The zero-order chi connectivity index (χ0) is 85.8. The number of para-hydroxylation sites is 2. The Kier molecular flexibility index (Phi) is 9.02. The summed E-state index contributed by atoms with van der Waals surface area (Å²) in [6.45, 7) is 23.2.